The van der Waals surface area contributed by atoms with Gasteiger partial charge in [0.2, 0.25) is 5.91 Å². The van der Waals surface area contributed by atoms with Crippen molar-refractivity contribution in [2.75, 3.05) is 23.4 Å². The summed E-state index contributed by atoms with van der Waals surface area (Å²) in [4.78, 5) is 23.6. The van der Waals surface area contributed by atoms with E-state index in [-0.39, 0.29) is 24.4 Å². The van der Waals surface area contributed by atoms with Crippen LogP contribution in [0.25, 0.3) is 0 Å². The largest absolute Gasteiger partial charge is 0.457 e. The number of thioether (sulfide) groups is 1. The first-order valence-electron chi connectivity index (χ1n) is 8.39. The van der Waals surface area contributed by atoms with Crippen molar-refractivity contribution in [2.24, 2.45) is 5.73 Å². The van der Waals surface area contributed by atoms with Gasteiger partial charge < -0.3 is 21.1 Å². The Hall–Kier alpha value is -2.22. The molecule has 0 bridgehead atoms. The van der Waals surface area contributed by atoms with Gasteiger partial charge in [-0.3, -0.25) is 9.59 Å². The summed E-state index contributed by atoms with van der Waals surface area (Å²) in [5.74, 6) is 2.45. The van der Waals surface area contributed by atoms with Gasteiger partial charge in [0, 0.05) is 36.2 Å². The van der Waals surface area contributed by atoms with Gasteiger partial charge in [-0.15, -0.1) is 12.4 Å². The molecule has 0 aliphatic carbocycles. The number of ether oxygens (including phenoxy) is 1. The smallest absolute Gasteiger partial charge is 0.252 e. The van der Waals surface area contributed by atoms with E-state index in [1.807, 2.05) is 11.8 Å². The van der Waals surface area contributed by atoms with Crippen molar-refractivity contribution in [3.63, 3.8) is 0 Å². The van der Waals surface area contributed by atoms with E-state index in [1.165, 1.54) is 0 Å². The van der Waals surface area contributed by atoms with Gasteiger partial charge in [0.15, 0.2) is 0 Å². The highest BCUT2D eigenvalue weighted by Crippen LogP contribution is 2.26. The molecular formula is C19H22ClN3O3S. The molecule has 2 aromatic rings. The summed E-state index contributed by atoms with van der Waals surface area (Å²) in [7, 11) is 0. The van der Waals surface area contributed by atoms with Crippen LogP contribution in [0.15, 0.2) is 48.5 Å². The van der Waals surface area contributed by atoms with Crippen molar-refractivity contribution in [3.05, 3.63) is 54.1 Å². The summed E-state index contributed by atoms with van der Waals surface area (Å²) >= 11 is 1.87. The summed E-state index contributed by atoms with van der Waals surface area (Å²) in [6.45, 7) is 0.946. The van der Waals surface area contributed by atoms with Crippen molar-refractivity contribution in [1.29, 1.82) is 0 Å². The van der Waals surface area contributed by atoms with Crippen LogP contribution < -0.4 is 21.1 Å². The number of carbonyl (C=O) groups is 2. The second kappa shape index (κ2) is 10.2. The molecule has 144 valence electrons. The molecule has 8 heteroatoms. The number of benzene rings is 2. The fourth-order valence-corrected chi connectivity index (χ4v) is 3.63. The Kier molecular flexibility index (Phi) is 7.97. The number of rotatable bonds is 6. The zero-order valence-electron chi connectivity index (χ0n) is 14.6. The highest BCUT2D eigenvalue weighted by molar-refractivity contribution is 7.99. The Morgan fingerprint density at radius 3 is 2.59 bits per heavy atom. The molecule has 6 nitrogen and oxygen atoms in total. The topological polar surface area (TPSA) is 93.5 Å². The Balaban J connectivity index is 0.00000261. The van der Waals surface area contributed by atoms with Gasteiger partial charge in [0.1, 0.15) is 11.5 Å². The fraction of sp³-hybridized carbons (Fsp3) is 0.263. The van der Waals surface area contributed by atoms with Crippen molar-refractivity contribution >= 4 is 41.7 Å². The second-order valence-corrected chi connectivity index (χ2v) is 7.11. The standard InChI is InChI=1S/C19H21N3O3S.ClH/c20-19(24)16-3-1-2-4-17(16)25-15-7-5-13(6-8-15)22-18(23)11-14-12-26-10-9-21-14;/h1-8,14,21H,9-12H2,(H2,20,24)(H,22,23);1H. The van der Waals surface area contributed by atoms with Gasteiger partial charge in [-0.25, -0.2) is 0 Å². The van der Waals surface area contributed by atoms with Gasteiger partial charge in [0.05, 0.1) is 5.56 Å². The number of amides is 2. The van der Waals surface area contributed by atoms with Gasteiger partial charge in [-0.1, -0.05) is 12.1 Å². The predicted octanol–water partition coefficient (Wildman–Crippen LogP) is 3.03. The van der Waals surface area contributed by atoms with E-state index in [0.29, 0.717) is 29.2 Å². The zero-order chi connectivity index (χ0) is 18.4. The highest BCUT2D eigenvalue weighted by Gasteiger charge is 2.16. The van der Waals surface area contributed by atoms with Crippen molar-refractivity contribution in [1.82, 2.24) is 5.32 Å². The minimum Gasteiger partial charge on any atom is -0.457 e. The first-order chi connectivity index (χ1) is 12.6. The number of primary amides is 1. The number of halogens is 1. The third-order valence-electron chi connectivity index (χ3n) is 3.95. The van der Waals surface area contributed by atoms with E-state index >= 15 is 0 Å². The maximum Gasteiger partial charge on any atom is 0.252 e. The van der Waals surface area contributed by atoms with E-state index in [4.69, 9.17) is 10.5 Å². The number of carbonyl (C=O) groups excluding carboxylic acids is 2. The lowest BCUT2D eigenvalue weighted by atomic mass is 10.2. The molecule has 1 fully saturated rings. The van der Waals surface area contributed by atoms with Gasteiger partial charge in [-0.05, 0) is 36.4 Å². The number of para-hydroxylation sites is 1. The zero-order valence-corrected chi connectivity index (χ0v) is 16.3. The molecule has 1 heterocycles. The van der Waals surface area contributed by atoms with Gasteiger partial charge in [-0.2, -0.15) is 11.8 Å². The predicted molar refractivity (Wildman–Crippen MR) is 111 cm³/mol. The van der Waals surface area contributed by atoms with E-state index < -0.39 is 5.91 Å². The summed E-state index contributed by atoms with van der Waals surface area (Å²) < 4.78 is 5.73. The van der Waals surface area contributed by atoms with Crippen molar-refractivity contribution in [2.45, 2.75) is 12.5 Å². The van der Waals surface area contributed by atoms with Gasteiger partial charge >= 0.3 is 0 Å². The van der Waals surface area contributed by atoms with E-state index in [1.54, 1.807) is 48.5 Å². The average Bonchev–Trinajstić information content (AvgIpc) is 2.64. The van der Waals surface area contributed by atoms with Crippen LogP contribution in [-0.2, 0) is 4.79 Å². The third-order valence-corrected chi connectivity index (χ3v) is 5.08. The molecule has 2 amide bonds. The lowest BCUT2D eigenvalue weighted by Gasteiger charge is -2.22. The monoisotopic (exact) mass is 407 g/mol. The van der Waals surface area contributed by atoms with E-state index in [2.05, 4.69) is 10.6 Å². The van der Waals surface area contributed by atoms with Crippen LogP contribution in [0.1, 0.15) is 16.8 Å². The Labute approximate surface area is 168 Å². The van der Waals surface area contributed by atoms with E-state index in [0.717, 1.165) is 18.1 Å². The third kappa shape index (κ3) is 6.16. The van der Waals surface area contributed by atoms with Crippen molar-refractivity contribution in [3.8, 4) is 11.5 Å². The molecule has 2 aromatic carbocycles. The molecule has 0 radical (unpaired) electrons. The van der Waals surface area contributed by atoms with Crippen molar-refractivity contribution < 1.29 is 14.3 Å². The van der Waals surface area contributed by atoms with Crippen LogP contribution in [0.3, 0.4) is 0 Å². The summed E-state index contributed by atoms with van der Waals surface area (Å²) in [6, 6.07) is 14.0. The van der Waals surface area contributed by atoms with Crippen LogP contribution in [0, 0.1) is 0 Å². The van der Waals surface area contributed by atoms with Crippen LogP contribution in [0.5, 0.6) is 11.5 Å². The van der Waals surface area contributed by atoms with Crippen LogP contribution in [-0.4, -0.2) is 35.9 Å². The summed E-state index contributed by atoms with van der Waals surface area (Å²) in [5.41, 5.74) is 6.38. The Morgan fingerprint density at radius 1 is 1.19 bits per heavy atom. The lowest BCUT2D eigenvalue weighted by Crippen LogP contribution is -2.39. The summed E-state index contributed by atoms with van der Waals surface area (Å²) in [5, 5.41) is 6.24. The molecule has 0 aromatic heterocycles. The van der Waals surface area contributed by atoms with Gasteiger partial charge in [0.25, 0.3) is 5.91 Å². The summed E-state index contributed by atoms with van der Waals surface area (Å²) in [6.07, 6.45) is 0.456. The SMILES string of the molecule is Cl.NC(=O)c1ccccc1Oc1ccc(NC(=O)CC2CSCCN2)cc1. The molecule has 0 spiro atoms. The molecule has 1 unspecified atom stereocenters. The first-order valence-corrected chi connectivity index (χ1v) is 9.55. The minimum atomic E-state index is -0.543. The molecule has 27 heavy (non-hydrogen) atoms. The number of anilines is 1. The average molecular weight is 408 g/mol. The molecule has 1 saturated heterocycles. The molecule has 1 atom stereocenters. The number of nitrogens with one attached hydrogen (secondary N) is 2. The van der Waals surface area contributed by atoms with Crippen LogP contribution >= 0.6 is 24.2 Å². The first kappa shape index (κ1) is 21.1. The molecule has 4 N–H and O–H groups in total. The Morgan fingerprint density at radius 2 is 1.93 bits per heavy atom. The molecule has 3 rings (SSSR count). The molecule has 1 aliphatic heterocycles. The highest BCUT2D eigenvalue weighted by atomic mass is 35.5. The number of hydrogen-bond donors (Lipinski definition) is 3. The molecule has 1 aliphatic rings. The Bertz CT molecular complexity index is 780. The van der Waals surface area contributed by atoms with Crippen LogP contribution in [0.4, 0.5) is 5.69 Å². The maximum atomic E-state index is 12.1. The quantitative estimate of drug-likeness (QED) is 0.684. The van der Waals surface area contributed by atoms with E-state index in [9.17, 15) is 9.59 Å². The van der Waals surface area contributed by atoms with Crippen LogP contribution in [0.2, 0.25) is 0 Å². The normalized spacial score (nSPS) is 16.1. The maximum absolute atomic E-state index is 12.1. The number of nitrogens with two attached hydrogens (primary N) is 1. The minimum absolute atomic E-state index is 0. The lowest BCUT2D eigenvalue weighted by molar-refractivity contribution is -0.116. The number of hydrogen-bond acceptors (Lipinski definition) is 5. The molecule has 0 saturated carbocycles. The second-order valence-electron chi connectivity index (χ2n) is 5.97. The fourth-order valence-electron chi connectivity index (χ4n) is 2.68. The molecular weight excluding hydrogens is 386 g/mol.